The summed E-state index contributed by atoms with van der Waals surface area (Å²) in [6, 6.07) is 9.69. The van der Waals surface area contributed by atoms with E-state index in [2.05, 4.69) is 10.1 Å². The summed E-state index contributed by atoms with van der Waals surface area (Å²) in [5.74, 6) is -3.00. The fourth-order valence-electron chi connectivity index (χ4n) is 1.95. The van der Waals surface area contributed by atoms with E-state index in [1.54, 1.807) is 12.1 Å². The number of nitrogens with one attached hydrogen (secondary N) is 1. The molecule has 2 aromatic rings. The number of benzene rings is 2. The molecule has 0 aliphatic carbocycles. The highest BCUT2D eigenvalue weighted by molar-refractivity contribution is 6.11. The number of ether oxygens (including phenoxy) is 1. The molecule has 0 unspecified atom stereocenters. The monoisotopic (exact) mass is 315 g/mol. The van der Waals surface area contributed by atoms with Crippen molar-refractivity contribution in [3.05, 3.63) is 59.2 Å². The maximum Gasteiger partial charge on any atom is 0.339 e. The van der Waals surface area contributed by atoms with Gasteiger partial charge in [0.05, 0.1) is 18.2 Å². The highest BCUT2D eigenvalue weighted by atomic mass is 16.5. The zero-order valence-electron chi connectivity index (χ0n) is 12.1. The third-order valence-corrected chi connectivity index (χ3v) is 3.06. The van der Waals surface area contributed by atoms with Crippen LogP contribution in [0.3, 0.4) is 0 Å². The van der Waals surface area contributed by atoms with Crippen LogP contribution in [0.15, 0.2) is 42.5 Å². The third-order valence-electron chi connectivity index (χ3n) is 3.06. The van der Waals surface area contributed by atoms with E-state index in [1.807, 2.05) is 0 Å². The van der Waals surface area contributed by atoms with Crippen molar-refractivity contribution in [1.29, 1.82) is 0 Å². The maximum absolute atomic E-state index is 12.3. The number of aromatic hydroxyl groups is 1. The first kappa shape index (κ1) is 16.0. The SMILES string of the molecule is COC(=O)c1ccccc1C(=O)Nc1ccc(O)c(C(=O)O)c1. The number of carboxylic acid groups (broad SMARTS) is 1. The first-order valence-corrected chi connectivity index (χ1v) is 6.49. The minimum atomic E-state index is -1.33. The number of carboxylic acids is 1. The Labute approximate surface area is 131 Å². The molecule has 118 valence electrons. The topological polar surface area (TPSA) is 113 Å². The molecule has 0 saturated heterocycles. The van der Waals surface area contributed by atoms with Gasteiger partial charge in [-0.05, 0) is 30.3 Å². The summed E-state index contributed by atoms with van der Waals surface area (Å²) < 4.78 is 4.61. The van der Waals surface area contributed by atoms with Gasteiger partial charge in [-0.3, -0.25) is 4.79 Å². The van der Waals surface area contributed by atoms with Crippen molar-refractivity contribution in [2.24, 2.45) is 0 Å². The first-order chi connectivity index (χ1) is 10.9. The quantitative estimate of drug-likeness (QED) is 0.588. The van der Waals surface area contributed by atoms with E-state index in [1.165, 1.54) is 25.3 Å². The van der Waals surface area contributed by atoms with Crippen molar-refractivity contribution in [2.45, 2.75) is 0 Å². The van der Waals surface area contributed by atoms with Gasteiger partial charge >= 0.3 is 11.9 Å². The fraction of sp³-hybridized carbons (Fsp3) is 0.0625. The van der Waals surface area contributed by atoms with Crippen molar-refractivity contribution in [3.63, 3.8) is 0 Å². The summed E-state index contributed by atoms with van der Waals surface area (Å²) in [7, 11) is 1.20. The van der Waals surface area contributed by atoms with Crippen LogP contribution in [0.2, 0.25) is 0 Å². The van der Waals surface area contributed by atoms with E-state index in [0.717, 1.165) is 12.1 Å². The lowest BCUT2D eigenvalue weighted by molar-refractivity contribution is 0.0596. The number of esters is 1. The molecule has 0 heterocycles. The van der Waals surface area contributed by atoms with Gasteiger partial charge in [-0.15, -0.1) is 0 Å². The third kappa shape index (κ3) is 3.46. The molecule has 2 rings (SSSR count). The molecule has 0 aliphatic heterocycles. The Hall–Kier alpha value is -3.35. The Morgan fingerprint density at radius 3 is 2.26 bits per heavy atom. The minimum Gasteiger partial charge on any atom is -0.507 e. The van der Waals surface area contributed by atoms with Crippen LogP contribution in [0, 0.1) is 0 Å². The number of anilines is 1. The molecule has 0 aromatic heterocycles. The lowest BCUT2D eigenvalue weighted by Crippen LogP contribution is -2.17. The number of carbonyl (C=O) groups excluding carboxylic acids is 2. The number of aromatic carboxylic acids is 1. The molecule has 0 bridgehead atoms. The lowest BCUT2D eigenvalue weighted by Gasteiger charge is -2.10. The van der Waals surface area contributed by atoms with Gasteiger partial charge in [-0.2, -0.15) is 0 Å². The molecular weight excluding hydrogens is 302 g/mol. The normalized spacial score (nSPS) is 9.96. The van der Waals surface area contributed by atoms with Gasteiger partial charge in [0.25, 0.3) is 5.91 Å². The van der Waals surface area contributed by atoms with Gasteiger partial charge < -0.3 is 20.3 Å². The van der Waals surface area contributed by atoms with Crippen LogP contribution in [0.4, 0.5) is 5.69 Å². The van der Waals surface area contributed by atoms with Crippen LogP contribution in [-0.2, 0) is 4.74 Å². The lowest BCUT2D eigenvalue weighted by atomic mass is 10.1. The number of rotatable bonds is 4. The van der Waals surface area contributed by atoms with Crippen molar-refractivity contribution >= 4 is 23.5 Å². The number of hydrogen-bond donors (Lipinski definition) is 3. The molecule has 0 saturated carbocycles. The summed E-state index contributed by atoms with van der Waals surface area (Å²) in [6.45, 7) is 0. The summed E-state index contributed by atoms with van der Waals surface area (Å²) in [5.41, 5.74) is 0.00274. The summed E-state index contributed by atoms with van der Waals surface area (Å²) in [4.78, 5) is 34.9. The second-order valence-corrected chi connectivity index (χ2v) is 4.53. The van der Waals surface area contributed by atoms with Gasteiger partial charge in [-0.25, -0.2) is 9.59 Å². The number of amides is 1. The van der Waals surface area contributed by atoms with Crippen LogP contribution in [0.5, 0.6) is 5.75 Å². The molecule has 0 aliphatic rings. The van der Waals surface area contributed by atoms with E-state index >= 15 is 0 Å². The standard InChI is InChI=1S/C16H13NO6/c1-23-16(22)11-5-3-2-4-10(11)14(19)17-9-6-7-13(18)12(8-9)15(20)21/h2-8,18H,1H3,(H,17,19)(H,20,21). The van der Waals surface area contributed by atoms with E-state index in [4.69, 9.17) is 5.11 Å². The van der Waals surface area contributed by atoms with E-state index < -0.39 is 23.6 Å². The maximum atomic E-state index is 12.3. The van der Waals surface area contributed by atoms with Gasteiger partial charge in [0.2, 0.25) is 0 Å². The molecule has 7 nitrogen and oxygen atoms in total. The molecule has 23 heavy (non-hydrogen) atoms. The molecule has 0 spiro atoms. The van der Waals surface area contributed by atoms with E-state index in [9.17, 15) is 19.5 Å². The molecule has 7 heteroatoms. The summed E-state index contributed by atoms with van der Waals surface area (Å²) in [5, 5.41) is 20.9. The number of hydrogen-bond acceptors (Lipinski definition) is 5. The number of phenols is 1. The van der Waals surface area contributed by atoms with Crippen LogP contribution >= 0.6 is 0 Å². The molecule has 2 aromatic carbocycles. The molecule has 0 radical (unpaired) electrons. The van der Waals surface area contributed by atoms with Gasteiger partial charge in [-0.1, -0.05) is 12.1 Å². The zero-order chi connectivity index (χ0) is 17.0. The fourth-order valence-corrected chi connectivity index (χ4v) is 1.95. The van der Waals surface area contributed by atoms with Crippen molar-refractivity contribution < 1.29 is 29.3 Å². The van der Waals surface area contributed by atoms with E-state index in [-0.39, 0.29) is 22.4 Å². The second-order valence-electron chi connectivity index (χ2n) is 4.53. The first-order valence-electron chi connectivity index (χ1n) is 6.49. The van der Waals surface area contributed by atoms with Crippen LogP contribution < -0.4 is 5.32 Å². The van der Waals surface area contributed by atoms with Gasteiger partial charge in [0, 0.05) is 5.69 Å². The molecule has 3 N–H and O–H groups in total. The molecule has 0 atom stereocenters. The molecular formula is C16H13NO6. The highest BCUT2D eigenvalue weighted by Crippen LogP contribution is 2.22. The van der Waals surface area contributed by atoms with Crippen molar-refractivity contribution in [1.82, 2.24) is 0 Å². The van der Waals surface area contributed by atoms with Crippen molar-refractivity contribution in [2.75, 3.05) is 12.4 Å². The predicted octanol–water partition coefficient (Wildman–Crippen LogP) is 2.13. The Morgan fingerprint density at radius 1 is 1.00 bits per heavy atom. The largest absolute Gasteiger partial charge is 0.507 e. The van der Waals surface area contributed by atoms with Crippen molar-refractivity contribution in [3.8, 4) is 5.75 Å². The smallest absolute Gasteiger partial charge is 0.339 e. The zero-order valence-corrected chi connectivity index (χ0v) is 12.1. The van der Waals surface area contributed by atoms with Crippen LogP contribution in [0.1, 0.15) is 31.1 Å². The Balaban J connectivity index is 2.32. The average molecular weight is 315 g/mol. The van der Waals surface area contributed by atoms with Gasteiger partial charge in [0.15, 0.2) is 0 Å². The summed E-state index contributed by atoms with van der Waals surface area (Å²) in [6.07, 6.45) is 0. The second kappa shape index (κ2) is 6.61. The Kier molecular flexibility index (Phi) is 4.61. The Bertz CT molecular complexity index is 784. The molecule has 0 fully saturated rings. The number of carbonyl (C=O) groups is 3. The minimum absolute atomic E-state index is 0.0873. The predicted molar refractivity (Wildman–Crippen MR) is 80.8 cm³/mol. The van der Waals surface area contributed by atoms with Gasteiger partial charge in [0.1, 0.15) is 11.3 Å². The Morgan fingerprint density at radius 2 is 1.65 bits per heavy atom. The average Bonchev–Trinajstić information content (AvgIpc) is 2.55. The van der Waals surface area contributed by atoms with Crippen LogP contribution in [0.25, 0.3) is 0 Å². The number of methoxy groups -OCH3 is 1. The molecule has 1 amide bonds. The van der Waals surface area contributed by atoms with Crippen LogP contribution in [-0.4, -0.2) is 35.2 Å². The summed E-state index contributed by atoms with van der Waals surface area (Å²) >= 11 is 0. The van der Waals surface area contributed by atoms with E-state index in [0.29, 0.717) is 0 Å². The highest BCUT2D eigenvalue weighted by Gasteiger charge is 2.18.